The van der Waals surface area contributed by atoms with Crippen molar-refractivity contribution in [2.75, 3.05) is 30.8 Å². The van der Waals surface area contributed by atoms with Crippen LogP contribution in [-0.4, -0.2) is 26.2 Å². The first-order chi connectivity index (χ1) is 8.97. The van der Waals surface area contributed by atoms with Crippen LogP contribution >= 0.6 is 0 Å². The molecule has 106 valence electrons. The van der Waals surface area contributed by atoms with Crippen molar-refractivity contribution >= 4 is 17.3 Å². The molecular weight excluding hydrogens is 240 g/mol. The summed E-state index contributed by atoms with van der Waals surface area (Å²) in [6.45, 7) is 7.37. The Hall–Kier alpha value is -1.71. The molecule has 0 atom stereocenters. The van der Waals surface area contributed by atoms with E-state index in [-0.39, 0.29) is 5.97 Å². The van der Waals surface area contributed by atoms with E-state index in [1.165, 1.54) is 0 Å². The van der Waals surface area contributed by atoms with Gasteiger partial charge >= 0.3 is 5.97 Å². The van der Waals surface area contributed by atoms with E-state index in [2.05, 4.69) is 13.8 Å². The first-order valence-corrected chi connectivity index (χ1v) is 6.74. The van der Waals surface area contributed by atoms with Crippen LogP contribution in [0.2, 0.25) is 0 Å². The number of carbonyl (C=O) groups is 1. The molecule has 2 N–H and O–H groups in total. The summed E-state index contributed by atoms with van der Waals surface area (Å²) in [5.41, 5.74) is 7.92. The summed E-state index contributed by atoms with van der Waals surface area (Å²) in [7, 11) is 1.96. The average Bonchev–Trinajstić information content (AvgIpc) is 2.35. The van der Waals surface area contributed by atoms with E-state index in [9.17, 15) is 4.79 Å². The van der Waals surface area contributed by atoms with Crippen LogP contribution < -0.4 is 10.6 Å². The van der Waals surface area contributed by atoms with Crippen LogP contribution in [0.1, 0.15) is 37.6 Å². The van der Waals surface area contributed by atoms with Gasteiger partial charge in [0.25, 0.3) is 0 Å². The van der Waals surface area contributed by atoms with E-state index in [1.54, 1.807) is 19.1 Å². The minimum atomic E-state index is -0.318. The maximum Gasteiger partial charge on any atom is 0.340 e. The molecule has 0 saturated carbocycles. The van der Waals surface area contributed by atoms with Crippen molar-refractivity contribution in [3.05, 3.63) is 23.8 Å². The first kappa shape index (κ1) is 15.3. The Labute approximate surface area is 115 Å². The van der Waals surface area contributed by atoms with Crippen LogP contribution in [0.5, 0.6) is 0 Å². The summed E-state index contributed by atoms with van der Waals surface area (Å²) < 4.78 is 5.08. The number of hydrogen-bond acceptors (Lipinski definition) is 4. The van der Waals surface area contributed by atoms with E-state index >= 15 is 0 Å². The predicted octanol–water partition coefficient (Wildman–Crippen LogP) is 2.93. The highest BCUT2D eigenvalue weighted by Crippen LogP contribution is 2.28. The third-order valence-corrected chi connectivity index (χ3v) is 2.99. The molecule has 1 rings (SSSR count). The predicted molar refractivity (Wildman–Crippen MR) is 79.5 cm³/mol. The van der Waals surface area contributed by atoms with Gasteiger partial charge < -0.3 is 15.4 Å². The number of hydrogen-bond donors (Lipinski definition) is 1. The molecule has 1 aromatic rings. The SMILES string of the molecule is CCOC(=O)c1cccc(N)c1N(C)CCC(C)C. The van der Waals surface area contributed by atoms with E-state index in [4.69, 9.17) is 10.5 Å². The molecule has 0 spiro atoms. The van der Waals surface area contributed by atoms with Crippen molar-refractivity contribution in [1.82, 2.24) is 0 Å². The molecule has 0 saturated heterocycles. The van der Waals surface area contributed by atoms with E-state index in [1.807, 2.05) is 18.0 Å². The Morgan fingerprint density at radius 1 is 1.42 bits per heavy atom. The number of carbonyl (C=O) groups excluding carboxylic acids is 1. The number of para-hydroxylation sites is 1. The highest BCUT2D eigenvalue weighted by atomic mass is 16.5. The monoisotopic (exact) mass is 264 g/mol. The minimum Gasteiger partial charge on any atom is -0.462 e. The third-order valence-electron chi connectivity index (χ3n) is 2.99. The lowest BCUT2D eigenvalue weighted by molar-refractivity contribution is 0.0527. The van der Waals surface area contributed by atoms with Gasteiger partial charge in [0, 0.05) is 13.6 Å². The second-order valence-corrected chi connectivity index (χ2v) is 5.07. The zero-order valence-electron chi connectivity index (χ0n) is 12.3. The molecule has 0 radical (unpaired) electrons. The molecule has 19 heavy (non-hydrogen) atoms. The fourth-order valence-corrected chi connectivity index (χ4v) is 1.92. The second kappa shape index (κ2) is 7.02. The summed E-state index contributed by atoms with van der Waals surface area (Å²) in [5.74, 6) is 0.291. The zero-order chi connectivity index (χ0) is 14.4. The molecule has 0 bridgehead atoms. The Kier molecular flexibility index (Phi) is 5.67. The highest BCUT2D eigenvalue weighted by molar-refractivity contribution is 5.99. The van der Waals surface area contributed by atoms with Crippen molar-refractivity contribution in [3.8, 4) is 0 Å². The summed E-state index contributed by atoms with van der Waals surface area (Å²) in [5, 5.41) is 0. The second-order valence-electron chi connectivity index (χ2n) is 5.07. The van der Waals surface area contributed by atoms with Gasteiger partial charge in [-0.25, -0.2) is 4.79 Å². The summed E-state index contributed by atoms with van der Waals surface area (Å²) >= 11 is 0. The van der Waals surface area contributed by atoms with Crippen LogP contribution in [0.15, 0.2) is 18.2 Å². The molecule has 0 aliphatic carbocycles. The standard InChI is InChI=1S/C15H24N2O2/c1-5-19-15(18)12-7-6-8-13(16)14(12)17(4)10-9-11(2)3/h6-8,11H,5,9-10,16H2,1-4H3. The summed E-state index contributed by atoms with van der Waals surface area (Å²) in [6, 6.07) is 5.35. The van der Waals surface area contributed by atoms with E-state index in [0.29, 0.717) is 23.8 Å². The topological polar surface area (TPSA) is 55.6 Å². The van der Waals surface area contributed by atoms with Gasteiger partial charge in [0.15, 0.2) is 0 Å². The molecule has 0 aliphatic heterocycles. The number of benzene rings is 1. The number of nitrogens with two attached hydrogens (primary N) is 1. The maximum absolute atomic E-state index is 12.0. The van der Waals surface area contributed by atoms with Crippen molar-refractivity contribution in [2.24, 2.45) is 5.92 Å². The third kappa shape index (κ3) is 4.16. The van der Waals surface area contributed by atoms with Crippen molar-refractivity contribution in [3.63, 3.8) is 0 Å². The Morgan fingerprint density at radius 2 is 2.11 bits per heavy atom. The summed E-state index contributed by atoms with van der Waals surface area (Å²) in [4.78, 5) is 14.0. The fourth-order valence-electron chi connectivity index (χ4n) is 1.92. The molecule has 0 aromatic heterocycles. The molecule has 0 unspecified atom stereocenters. The van der Waals surface area contributed by atoms with E-state index in [0.717, 1.165) is 18.7 Å². The van der Waals surface area contributed by atoms with Crippen LogP contribution in [-0.2, 0) is 4.74 Å². The largest absolute Gasteiger partial charge is 0.462 e. The molecule has 4 heteroatoms. The van der Waals surface area contributed by atoms with Crippen LogP contribution in [0.25, 0.3) is 0 Å². The number of anilines is 2. The maximum atomic E-state index is 12.0. The minimum absolute atomic E-state index is 0.318. The number of ether oxygens (including phenoxy) is 1. The zero-order valence-corrected chi connectivity index (χ0v) is 12.3. The Balaban J connectivity index is 3.00. The molecule has 0 heterocycles. The van der Waals surface area contributed by atoms with Gasteiger partial charge in [-0.1, -0.05) is 19.9 Å². The Bertz CT molecular complexity index is 430. The number of rotatable bonds is 6. The van der Waals surface area contributed by atoms with Gasteiger partial charge in [0.05, 0.1) is 23.5 Å². The van der Waals surface area contributed by atoms with Crippen molar-refractivity contribution in [2.45, 2.75) is 27.2 Å². The molecular formula is C15H24N2O2. The van der Waals surface area contributed by atoms with Crippen LogP contribution in [0.3, 0.4) is 0 Å². The molecule has 0 fully saturated rings. The normalized spacial score (nSPS) is 10.6. The lowest BCUT2D eigenvalue weighted by Crippen LogP contribution is -2.24. The number of esters is 1. The van der Waals surface area contributed by atoms with Gasteiger partial charge in [-0.05, 0) is 31.4 Å². The lowest BCUT2D eigenvalue weighted by atomic mass is 10.1. The molecule has 4 nitrogen and oxygen atoms in total. The average molecular weight is 264 g/mol. The molecule has 1 aromatic carbocycles. The smallest absolute Gasteiger partial charge is 0.340 e. The van der Waals surface area contributed by atoms with Gasteiger partial charge in [-0.15, -0.1) is 0 Å². The quantitative estimate of drug-likeness (QED) is 0.634. The highest BCUT2D eigenvalue weighted by Gasteiger charge is 2.17. The van der Waals surface area contributed by atoms with Gasteiger partial charge in [0.2, 0.25) is 0 Å². The van der Waals surface area contributed by atoms with Gasteiger partial charge in [0.1, 0.15) is 0 Å². The Morgan fingerprint density at radius 3 is 2.68 bits per heavy atom. The van der Waals surface area contributed by atoms with Gasteiger partial charge in [-0.2, -0.15) is 0 Å². The van der Waals surface area contributed by atoms with E-state index < -0.39 is 0 Å². The van der Waals surface area contributed by atoms with Crippen LogP contribution in [0.4, 0.5) is 11.4 Å². The van der Waals surface area contributed by atoms with Crippen molar-refractivity contribution < 1.29 is 9.53 Å². The summed E-state index contributed by atoms with van der Waals surface area (Å²) in [6.07, 6.45) is 1.05. The lowest BCUT2D eigenvalue weighted by Gasteiger charge is -2.24. The molecule has 0 aliphatic rings. The number of nitrogen functional groups attached to an aromatic ring is 1. The first-order valence-electron chi connectivity index (χ1n) is 6.74. The van der Waals surface area contributed by atoms with Gasteiger partial charge in [-0.3, -0.25) is 0 Å². The fraction of sp³-hybridized carbons (Fsp3) is 0.533. The van der Waals surface area contributed by atoms with Crippen LogP contribution in [0, 0.1) is 5.92 Å². The molecule has 0 amide bonds. The van der Waals surface area contributed by atoms with Crippen molar-refractivity contribution in [1.29, 1.82) is 0 Å². The number of nitrogens with zero attached hydrogens (tertiary/aromatic N) is 1.